The third-order valence-corrected chi connectivity index (χ3v) is 7.02. The summed E-state index contributed by atoms with van der Waals surface area (Å²) < 4.78 is 41.6. The summed E-state index contributed by atoms with van der Waals surface area (Å²) in [6.07, 6.45) is 0.399. The molecule has 6 nitrogen and oxygen atoms in total. The largest absolute Gasteiger partial charge is 0.358 e. The summed E-state index contributed by atoms with van der Waals surface area (Å²) >= 11 is 0. The summed E-state index contributed by atoms with van der Waals surface area (Å²) in [5, 5.41) is 0. The maximum Gasteiger partial charge on any atom is 0.215 e. The van der Waals surface area contributed by atoms with Gasteiger partial charge in [-0.1, -0.05) is 91.0 Å². The van der Waals surface area contributed by atoms with Crippen LogP contribution in [0, 0.1) is 5.95 Å². The lowest BCUT2D eigenvalue weighted by Gasteiger charge is -2.37. The van der Waals surface area contributed by atoms with Gasteiger partial charge in [0, 0.05) is 0 Å². The monoisotopic (exact) mass is 500 g/mol. The molecule has 2 aliphatic heterocycles. The zero-order valence-electron chi connectivity index (χ0n) is 20.7. The smallest absolute Gasteiger partial charge is 0.215 e. The van der Waals surface area contributed by atoms with Crippen LogP contribution >= 0.6 is 0 Å². The quantitative estimate of drug-likeness (QED) is 0.316. The molecule has 7 heteroatoms. The molecule has 0 spiro atoms. The van der Waals surface area contributed by atoms with Gasteiger partial charge < -0.3 is 18.9 Å². The second-order valence-electron chi connectivity index (χ2n) is 9.84. The molecule has 0 saturated carbocycles. The van der Waals surface area contributed by atoms with Crippen molar-refractivity contribution in [1.82, 2.24) is 9.55 Å². The Morgan fingerprint density at radius 1 is 0.838 bits per heavy atom. The number of hydrogen-bond acceptors (Lipinski definition) is 5. The number of nitrogens with zero attached hydrogens (tertiary/aromatic N) is 2. The van der Waals surface area contributed by atoms with Gasteiger partial charge in [-0.25, -0.2) is 4.98 Å². The van der Waals surface area contributed by atoms with E-state index in [1.165, 1.54) is 10.9 Å². The fourth-order valence-corrected chi connectivity index (χ4v) is 5.47. The van der Waals surface area contributed by atoms with Crippen LogP contribution < -0.4 is 0 Å². The van der Waals surface area contributed by atoms with E-state index in [2.05, 4.69) is 41.4 Å². The molecule has 4 atom stereocenters. The summed E-state index contributed by atoms with van der Waals surface area (Å²) in [7, 11) is 0. The van der Waals surface area contributed by atoms with Crippen LogP contribution in [0.3, 0.4) is 0 Å². The molecular weight excluding hydrogens is 471 g/mol. The van der Waals surface area contributed by atoms with E-state index in [-0.39, 0.29) is 6.61 Å². The molecule has 1 aromatic heterocycles. The lowest BCUT2D eigenvalue weighted by molar-refractivity contribution is -0.206. The zero-order chi connectivity index (χ0) is 25.5. The van der Waals surface area contributed by atoms with Crippen molar-refractivity contribution in [3.63, 3.8) is 0 Å². The minimum Gasteiger partial charge on any atom is -0.358 e. The molecule has 190 valence electrons. The first-order valence-electron chi connectivity index (χ1n) is 12.5. The molecule has 2 aliphatic rings. The maximum absolute atomic E-state index is 14.5. The van der Waals surface area contributed by atoms with Crippen molar-refractivity contribution in [1.29, 1.82) is 0 Å². The van der Waals surface area contributed by atoms with Gasteiger partial charge in [0.25, 0.3) is 0 Å². The van der Waals surface area contributed by atoms with E-state index >= 15 is 0 Å². The second-order valence-corrected chi connectivity index (χ2v) is 9.84. The molecular formula is C30H29FN2O4. The van der Waals surface area contributed by atoms with Crippen molar-refractivity contribution in [3.8, 4) is 0 Å². The van der Waals surface area contributed by atoms with Crippen LogP contribution in [-0.4, -0.2) is 40.3 Å². The molecule has 37 heavy (non-hydrogen) atoms. The van der Waals surface area contributed by atoms with Gasteiger partial charge in [0.15, 0.2) is 12.0 Å². The van der Waals surface area contributed by atoms with Crippen molar-refractivity contribution >= 4 is 0 Å². The number of hydrogen-bond donors (Lipinski definition) is 0. The first-order valence-corrected chi connectivity index (χ1v) is 12.5. The predicted molar refractivity (Wildman–Crippen MR) is 135 cm³/mol. The van der Waals surface area contributed by atoms with E-state index in [1.807, 2.05) is 68.4 Å². The molecule has 0 radical (unpaired) electrons. The molecule has 6 rings (SSSR count). The molecule has 0 amide bonds. The fourth-order valence-electron chi connectivity index (χ4n) is 5.47. The van der Waals surface area contributed by atoms with Crippen LogP contribution in [0.5, 0.6) is 0 Å². The molecule has 0 bridgehead atoms. The molecule has 2 saturated heterocycles. The minimum atomic E-state index is -0.907. The van der Waals surface area contributed by atoms with Crippen molar-refractivity contribution in [3.05, 3.63) is 126 Å². The summed E-state index contributed by atoms with van der Waals surface area (Å²) in [5.41, 5.74) is 2.06. The van der Waals surface area contributed by atoms with Gasteiger partial charge in [-0.05, 0) is 30.5 Å². The highest BCUT2D eigenvalue weighted by atomic mass is 19.1. The summed E-state index contributed by atoms with van der Waals surface area (Å²) in [6.45, 7) is 3.89. The number of fused-ring (bicyclic) bond motifs is 1. The van der Waals surface area contributed by atoms with Crippen molar-refractivity contribution < 1.29 is 23.3 Å². The van der Waals surface area contributed by atoms with Crippen LogP contribution in [0.15, 0.2) is 104 Å². The highest BCUT2D eigenvalue weighted by Gasteiger charge is 2.56. The SMILES string of the molecule is CC1(C)O[C@@H]2[C@H](O1)[C@@H](COC(c1ccccc1)(c1ccccc1)c1ccccc1)O[C@H]2n1cncc1F. The number of aromatic nitrogens is 2. The third kappa shape index (κ3) is 4.28. The minimum absolute atomic E-state index is 0.187. The van der Waals surface area contributed by atoms with Crippen molar-refractivity contribution in [2.75, 3.05) is 6.61 Å². The lowest BCUT2D eigenvalue weighted by atomic mass is 9.80. The average molecular weight is 501 g/mol. The van der Waals surface area contributed by atoms with Crippen molar-refractivity contribution in [2.24, 2.45) is 0 Å². The molecule has 0 N–H and O–H groups in total. The van der Waals surface area contributed by atoms with Gasteiger partial charge in [0.2, 0.25) is 5.95 Å². The van der Waals surface area contributed by atoms with E-state index in [1.54, 1.807) is 0 Å². The van der Waals surface area contributed by atoms with Gasteiger partial charge in [-0.3, -0.25) is 4.57 Å². The van der Waals surface area contributed by atoms with Gasteiger partial charge in [-0.15, -0.1) is 0 Å². The lowest BCUT2D eigenvalue weighted by Crippen LogP contribution is -2.39. The average Bonchev–Trinajstić information content (AvgIpc) is 3.58. The number of benzene rings is 3. The molecule has 4 aromatic rings. The molecule has 2 fully saturated rings. The van der Waals surface area contributed by atoms with Crippen LogP contribution in [-0.2, 0) is 24.5 Å². The number of ether oxygens (including phenoxy) is 4. The molecule has 0 unspecified atom stereocenters. The first kappa shape index (κ1) is 24.0. The summed E-state index contributed by atoms with van der Waals surface area (Å²) in [5.74, 6) is -1.33. The zero-order valence-corrected chi connectivity index (χ0v) is 20.7. The number of rotatable bonds is 7. The Labute approximate surface area is 215 Å². The van der Waals surface area contributed by atoms with Gasteiger partial charge in [-0.2, -0.15) is 4.39 Å². The predicted octanol–water partition coefficient (Wildman–Crippen LogP) is 5.45. The number of halogens is 1. The molecule has 0 aliphatic carbocycles. The normalized spacial score (nSPS) is 24.7. The Bertz CT molecular complexity index is 1230. The van der Waals surface area contributed by atoms with Gasteiger partial charge in [0.1, 0.15) is 23.9 Å². The highest BCUT2D eigenvalue weighted by Crippen LogP contribution is 2.45. The summed E-state index contributed by atoms with van der Waals surface area (Å²) in [4.78, 5) is 3.93. The topological polar surface area (TPSA) is 54.7 Å². The number of imidazole rings is 1. The van der Waals surface area contributed by atoms with Crippen molar-refractivity contribution in [2.45, 2.75) is 49.8 Å². The van der Waals surface area contributed by atoms with Crippen LogP contribution in [0.2, 0.25) is 0 Å². The first-order chi connectivity index (χ1) is 18.0. The summed E-state index contributed by atoms with van der Waals surface area (Å²) in [6, 6.07) is 30.4. The van der Waals surface area contributed by atoms with E-state index in [9.17, 15) is 4.39 Å². The Balaban J connectivity index is 1.40. The van der Waals surface area contributed by atoms with Crippen LogP contribution in [0.4, 0.5) is 4.39 Å². The van der Waals surface area contributed by atoms with E-state index in [0.29, 0.717) is 0 Å². The Morgan fingerprint density at radius 3 is 1.84 bits per heavy atom. The standard InChI is InChI=1S/C30H29FN2O4/c1-29(2)36-26-24(35-28(27(26)37-29)33-20-32-18-25(33)31)19-34-30(21-12-6-3-7-13-21,22-14-8-4-9-15-22)23-16-10-5-11-17-23/h3-18,20,24,26-28H,19H2,1-2H3/t24-,26-,27-,28-/m1/s1. The van der Waals surface area contributed by atoms with Crippen LogP contribution in [0.1, 0.15) is 36.8 Å². The highest BCUT2D eigenvalue weighted by molar-refractivity contribution is 5.47. The second kappa shape index (κ2) is 9.50. The Morgan fingerprint density at radius 2 is 1.35 bits per heavy atom. The third-order valence-electron chi connectivity index (χ3n) is 7.02. The molecule has 3 aromatic carbocycles. The van der Waals surface area contributed by atoms with Gasteiger partial charge in [0.05, 0.1) is 19.1 Å². The Kier molecular flexibility index (Phi) is 6.16. The fraction of sp³-hybridized carbons (Fsp3) is 0.300. The van der Waals surface area contributed by atoms with E-state index in [0.717, 1.165) is 22.9 Å². The van der Waals surface area contributed by atoms with E-state index in [4.69, 9.17) is 18.9 Å². The Hall–Kier alpha value is -3.36. The van der Waals surface area contributed by atoms with Crippen LogP contribution in [0.25, 0.3) is 0 Å². The van der Waals surface area contributed by atoms with Gasteiger partial charge >= 0.3 is 0 Å². The maximum atomic E-state index is 14.5. The van der Waals surface area contributed by atoms with E-state index < -0.39 is 41.9 Å². The molecule has 3 heterocycles.